The molecule has 2 unspecified atom stereocenters. The summed E-state index contributed by atoms with van der Waals surface area (Å²) in [6, 6.07) is 6.92. The number of aromatic nitrogens is 1. The summed E-state index contributed by atoms with van der Waals surface area (Å²) in [6.45, 7) is 3.96. The van der Waals surface area contributed by atoms with Gasteiger partial charge in [0.25, 0.3) is 11.8 Å². The molecule has 2 atom stereocenters. The molecule has 2 aromatic carbocycles. The molecule has 4 fully saturated rings. The molecule has 48 heavy (non-hydrogen) atoms. The van der Waals surface area contributed by atoms with Crippen LogP contribution < -0.4 is 31.0 Å². The minimum Gasteiger partial charge on any atom is -0.451 e. The van der Waals surface area contributed by atoms with E-state index in [2.05, 4.69) is 20.9 Å². The largest absolute Gasteiger partial charge is 0.451 e. The molecule has 0 aliphatic carbocycles. The summed E-state index contributed by atoms with van der Waals surface area (Å²) < 4.78 is 24.3. The van der Waals surface area contributed by atoms with E-state index >= 15 is 4.39 Å². The van der Waals surface area contributed by atoms with Crippen LogP contribution in [0, 0.1) is 5.82 Å². The fourth-order valence-electron chi connectivity index (χ4n) is 7.87. The first-order valence-electron chi connectivity index (χ1n) is 16.6. The molecule has 0 radical (unpaired) electrons. The predicted molar refractivity (Wildman–Crippen MR) is 173 cm³/mol. The third-order valence-corrected chi connectivity index (χ3v) is 10.3. The third-order valence-electron chi connectivity index (χ3n) is 10.3. The molecule has 14 heteroatoms. The van der Waals surface area contributed by atoms with Gasteiger partial charge < -0.3 is 34.6 Å². The highest BCUT2D eigenvalue weighted by atomic mass is 19.1. The fraction of sp³-hybridized carbons (Fsp3) is 0.441. The summed E-state index contributed by atoms with van der Waals surface area (Å²) in [4.78, 5) is 69.8. The zero-order valence-corrected chi connectivity index (χ0v) is 26.3. The Morgan fingerprint density at radius 3 is 2.52 bits per heavy atom. The minimum absolute atomic E-state index is 0.00647. The number of amides is 5. The number of hydrogen-bond acceptors (Lipinski definition) is 8. The van der Waals surface area contributed by atoms with Crippen molar-refractivity contribution in [3.8, 4) is 17.2 Å². The monoisotopic (exact) mass is 657 g/mol. The number of ether oxygens (including phenoxy) is 1. The molecule has 8 rings (SSSR count). The number of nitrogens with one attached hydrogen (secondary N) is 3. The Hall–Kier alpha value is -4.98. The standard InChI is InChI=1S/C34H36FN7O6/c35-23-15-21-28-31(29(23)41-12-7-19(17-41)36-27(43)16-24-32(45)38-34(47)37-24)48-26-6-2-1-5-25(26)42(28)18-22(30(21)44)33(46)40-13-8-20(9-14-40)39-10-3-4-11-39/h1-2,5-6,15,18-20,24H,3-4,7-14,16-17H2,(H,36,43)(H2,37,38,45,47). The van der Waals surface area contributed by atoms with E-state index in [1.807, 2.05) is 12.1 Å². The van der Waals surface area contributed by atoms with Crippen molar-refractivity contribution in [2.24, 2.45) is 0 Å². The second-order valence-electron chi connectivity index (χ2n) is 13.2. The summed E-state index contributed by atoms with van der Waals surface area (Å²) in [5, 5.41) is 7.45. The van der Waals surface area contributed by atoms with Crippen LogP contribution in [0.4, 0.5) is 14.9 Å². The van der Waals surface area contributed by atoms with Crippen molar-refractivity contribution in [2.45, 2.75) is 56.7 Å². The van der Waals surface area contributed by atoms with Gasteiger partial charge in [-0.15, -0.1) is 0 Å². The van der Waals surface area contributed by atoms with Crippen LogP contribution in [0.15, 0.2) is 41.3 Å². The normalized spacial score (nSPS) is 22.4. The molecule has 1 aromatic heterocycles. The first kappa shape index (κ1) is 30.4. The number of benzene rings is 2. The summed E-state index contributed by atoms with van der Waals surface area (Å²) >= 11 is 0. The van der Waals surface area contributed by atoms with E-state index in [9.17, 15) is 24.0 Å². The Labute approximate surface area is 275 Å². The highest BCUT2D eigenvalue weighted by Crippen LogP contribution is 2.47. The minimum atomic E-state index is -0.943. The second-order valence-corrected chi connectivity index (χ2v) is 13.2. The molecule has 4 saturated heterocycles. The number of imide groups is 1. The van der Waals surface area contributed by atoms with Crippen molar-refractivity contribution >= 4 is 40.3 Å². The first-order chi connectivity index (χ1) is 23.2. The molecule has 3 N–H and O–H groups in total. The van der Waals surface area contributed by atoms with Crippen LogP contribution in [-0.4, -0.2) is 95.5 Å². The van der Waals surface area contributed by atoms with Crippen LogP contribution in [0.1, 0.15) is 48.9 Å². The maximum atomic E-state index is 16.2. The van der Waals surface area contributed by atoms with Gasteiger partial charge in [-0.3, -0.25) is 24.5 Å². The van der Waals surface area contributed by atoms with Crippen LogP contribution in [0.25, 0.3) is 16.6 Å². The molecular weight excluding hydrogens is 621 g/mol. The Bertz CT molecular complexity index is 1920. The van der Waals surface area contributed by atoms with Gasteiger partial charge in [-0.25, -0.2) is 9.18 Å². The smallest absolute Gasteiger partial charge is 0.322 e. The predicted octanol–water partition coefficient (Wildman–Crippen LogP) is 2.23. The van der Waals surface area contributed by atoms with Crippen LogP contribution in [0.3, 0.4) is 0 Å². The molecule has 6 heterocycles. The Morgan fingerprint density at radius 2 is 1.77 bits per heavy atom. The summed E-state index contributed by atoms with van der Waals surface area (Å²) in [7, 11) is 0. The van der Waals surface area contributed by atoms with Crippen molar-refractivity contribution < 1.29 is 28.3 Å². The van der Waals surface area contributed by atoms with Crippen molar-refractivity contribution in [1.29, 1.82) is 0 Å². The van der Waals surface area contributed by atoms with Gasteiger partial charge in [-0.05, 0) is 63.4 Å². The van der Waals surface area contributed by atoms with E-state index in [0.717, 1.165) is 25.9 Å². The van der Waals surface area contributed by atoms with E-state index in [-0.39, 0.29) is 47.3 Å². The van der Waals surface area contributed by atoms with Crippen LogP contribution >= 0.6 is 0 Å². The lowest BCUT2D eigenvalue weighted by Crippen LogP contribution is -2.46. The fourth-order valence-corrected chi connectivity index (χ4v) is 7.87. The van der Waals surface area contributed by atoms with Gasteiger partial charge in [0, 0.05) is 44.5 Å². The first-order valence-corrected chi connectivity index (χ1v) is 16.6. The van der Waals surface area contributed by atoms with Crippen LogP contribution in [-0.2, 0) is 9.59 Å². The molecule has 5 aliphatic heterocycles. The lowest BCUT2D eigenvalue weighted by atomic mass is 10.0. The maximum absolute atomic E-state index is 16.2. The van der Waals surface area contributed by atoms with E-state index in [0.29, 0.717) is 49.1 Å². The number of nitrogens with zero attached hydrogens (tertiary/aromatic N) is 4. The highest BCUT2D eigenvalue weighted by Gasteiger charge is 2.36. The lowest BCUT2D eigenvalue weighted by Gasteiger charge is -2.36. The molecule has 0 spiro atoms. The summed E-state index contributed by atoms with van der Waals surface area (Å²) in [5.41, 5.74) is 0.608. The summed E-state index contributed by atoms with van der Waals surface area (Å²) in [5.74, 6) is -1.38. The van der Waals surface area contributed by atoms with Gasteiger partial charge in [0.1, 0.15) is 22.8 Å². The van der Waals surface area contributed by atoms with Gasteiger partial charge >= 0.3 is 6.03 Å². The molecule has 250 valence electrons. The number of halogens is 1. The van der Waals surface area contributed by atoms with E-state index < -0.39 is 35.1 Å². The molecule has 5 aliphatic rings. The highest BCUT2D eigenvalue weighted by molar-refractivity contribution is 6.06. The number of rotatable bonds is 6. The van der Waals surface area contributed by atoms with Gasteiger partial charge in [0.15, 0.2) is 17.3 Å². The van der Waals surface area contributed by atoms with Gasteiger partial charge in [-0.2, -0.15) is 0 Å². The lowest BCUT2D eigenvalue weighted by molar-refractivity contribution is -0.126. The number of para-hydroxylation sites is 2. The third kappa shape index (κ3) is 5.24. The maximum Gasteiger partial charge on any atom is 0.322 e. The Balaban J connectivity index is 1.09. The number of fused-ring (bicyclic) bond motifs is 2. The van der Waals surface area contributed by atoms with Crippen molar-refractivity contribution in [2.75, 3.05) is 44.2 Å². The van der Waals surface area contributed by atoms with E-state index in [4.69, 9.17) is 4.74 Å². The zero-order chi connectivity index (χ0) is 33.1. The molecule has 5 amide bonds. The average molecular weight is 658 g/mol. The quantitative estimate of drug-likeness (QED) is 0.268. The zero-order valence-electron chi connectivity index (χ0n) is 26.3. The number of hydrogen-bond donors (Lipinski definition) is 3. The van der Waals surface area contributed by atoms with E-state index in [1.165, 1.54) is 18.9 Å². The van der Waals surface area contributed by atoms with Crippen molar-refractivity contribution in [3.63, 3.8) is 0 Å². The molecule has 0 bridgehead atoms. The number of urea groups is 1. The van der Waals surface area contributed by atoms with Gasteiger partial charge in [0.2, 0.25) is 11.3 Å². The molecule has 13 nitrogen and oxygen atoms in total. The number of likely N-dealkylation sites (tertiary alicyclic amines) is 2. The average Bonchev–Trinajstić information content (AvgIpc) is 3.84. The van der Waals surface area contributed by atoms with Gasteiger partial charge in [-0.1, -0.05) is 12.1 Å². The van der Waals surface area contributed by atoms with E-state index in [1.54, 1.807) is 32.7 Å². The Morgan fingerprint density at radius 1 is 1.00 bits per heavy atom. The summed E-state index contributed by atoms with van der Waals surface area (Å²) in [6.07, 6.45) is 5.98. The van der Waals surface area contributed by atoms with Gasteiger partial charge in [0.05, 0.1) is 17.5 Å². The topological polar surface area (TPSA) is 145 Å². The van der Waals surface area contributed by atoms with Crippen LogP contribution in [0.5, 0.6) is 11.5 Å². The Kier molecular flexibility index (Phi) is 7.54. The van der Waals surface area contributed by atoms with Crippen molar-refractivity contribution in [1.82, 2.24) is 30.3 Å². The number of pyridine rings is 1. The van der Waals surface area contributed by atoms with Crippen molar-refractivity contribution in [3.05, 3.63) is 58.1 Å². The molecule has 3 aromatic rings. The molecular formula is C34H36FN7O6. The number of carbonyl (C=O) groups is 4. The number of anilines is 1. The second kappa shape index (κ2) is 11.9. The van der Waals surface area contributed by atoms with Crippen LogP contribution in [0.2, 0.25) is 0 Å². The number of carbonyl (C=O) groups excluding carboxylic acids is 4. The number of piperidine rings is 1. The molecule has 0 saturated carbocycles. The SMILES string of the molecule is O=C(CC1NC(=O)NC1=O)NC1CCN(c2c(F)cc3c(=O)c(C(=O)N4CCC(N5CCCC5)CC4)cn4c3c2Oc2ccccc2-4)C1.